The van der Waals surface area contributed by atoms with Crippen LogP contribution in [0.2, 0.25) is 0 Å². The number of benzene rings is 4. The summed E-state index contributed by atoms with van der Waals surface area (Å²) in [5.74, 6) is 1.87. The van der Waals surface area contributed by atoms with Gasteiger partial charge in [-0.05, 0) is 81.2 Å². The molecule has 0 saturated heterocycles. The van der Waals surface area contributed by atoms with E-state index in [1.807, 2.05) is 61.5 Å². The summed E-state index contributed by atoms with van der Waals surface area (Å²) < 4.78 is 18.1. The molecule has 0 radical (unpaired) electrons. The molecular formula is C29H27IN2O4. The summed E-state index contributed by atoms with van der Waals surface area (Å²) in [6.07, 6.45) is 1.83. The number of methoxy groups -OCH3 is 1. The third-order valence-electron chi connectivity index (χ3n) is 5.51. The van der Waals surface area contributed by atoms with E-state index in [9.17, 15) is 4.79 Å². The Bertz CT molecular complexity index is 1360. The number of hydrogen-bond acceptors (Lipinski definition) is 5. The van der Waals surface area contributed by atoms with Crippen molar-refractivity contribution in [2.45, 2.75) is 20.0 Å². The normalized spacial score (nSPS) is 11.0. The first kappa shape index (κ1) is 25.5. The predicted octanol–water partition coefficient (Wildman–Crippen LogP) is 6.12. The predicted molar refractivity (Wildman–Crippen MR) is 151 cm³/mol. The fraction of sp³-hybridized carbons (Fsp3) is 0.172. The fourth-order valence-electron chi connectivity index (χ4n) is 3.78. The van der Waals surface area contributed by atoms with Crippen molar-refractivity contribution in [1.82, 2.24) is 5.43 Å². The standard InChI is InChI=1S/C29H27IN2O4/c1-3-35-27-16-21(18-31-32-28(33)17-20-11-13-24(34-2)14-12-20)15-26(30)29(27)36-19-23-9-6-8-22-7-4-5-10-25(22)23/h4-16,18H,3,17,19H2,1-2H3,(H,32,33)/b31-18-. The molecule has 6 nitrogen and oxygen atoms in total. The summed E-state index contributed by atoms with van der Waals surface area (Å²) in [6.45, 7) is 2.85. The Balaban J connectivity index is 1.43. The van der Waals surface area contributed by atoms with Gasteiger partial charge in [0, 0.05) is 0 Å². The van der Waals surface area contributed by atoms with Crippen molar-refractivity contribution in [2.75, 3.05) is 13.7 Å². The van der Waals surface area contributed by atoms with Crippen LogP contribution < -0.4 is 19.6 Å². The van der Waals surface area contributed by atoms with Gasteiger partial charge in [0.2, 0.25) is 5.91 Å². The molecule has 0 saturated carbocycles. The topological polar surface area (TPSA) is 69.2 Å². The molecule has 0 fully saturated rings. The molecule has 4 aromatic carbocycles. The van der Waals surface area contributed by atoms with Crippen LogP contribution in [0.15, 0.2) is 84.0 Å². The van der Waals surface area contributed by atoms with Gasteiger partial charge in [-0.25, -0.2) is 5.43 Å². The van der Waals surface area contributed by atoms with Crippen LogP contribution in [0.3, 0.4) is 0 Å². The molecule has 1 N–H and O–H groups in total. The van der Waals surface area contributed by atoms with Gasteiger partial charge in [-0.3, -0.25) is 4.79 Å². The van der Waals surface area contributed by atoms with E-state index in [4.69, 9.17) is 14.2 Å². The summed E-state index contributed by atoms with van der Waals surface area (Å²) in [5.41, 5.74) is 5.37. The number of hydrogen-bond donors (Lipinski definition) is 1. The number of ether oxygens (including phenoxy) is 3. The Hall–Kier alpha value is -3.59. The lowest BCUT2D eigenvalue weighted by Crippen LogP contribution is -2.19. The zero-order valence-electron chi connectivity index (χ0n) is 20.2. The molecule has 7 heteroatoms. The van der Waals surface area contributed by atoms with E-state index >= 15 is 0 Å². The third-order valence-corrected chi connectivity index (χ3v) is 6.31. The first-order chi connectivity index (χ1) is 17.6. The van der Waals surface area contributed by atoms with Gasteiger partial charge in [0.1, 0.15) is 12.4 Å². The number of rotatable bonds is 10. The van der Waals surface area contributed by atoms with E-state index < -0.39 is 0 Å². The first-order valence-electron chi connectivity index (χ1n) is 11.6. The van der Waals surface area contributed by atoms with E-state index in [1.165, 1.54) is 10.8 Å². The third kappa shape index (κ3) is 6.54. The molecule has 0 aliphatic heterocycles. The molecule has 1 amide bonds. The van der Waals surface area contributed by atoms with Crippen LogP contribution in [0.5, 0.6) is 17.2 Å². The second kappa shape index (κ2) is 12.4. The average Bonchev–Trinajstić information content (AvgIpc) is 2.89. The summed E-state index contributed by atoms with van der Waals surface area (Å²) >= 11 is 2.23. The molecular weight excluding hydrogens is 567 g/mol. The molecule has 0 aliphatic carbocycles. The van der Waals surface area contributed by atoms with Crippen molar-refractivity contribution >= 4 is 45.5 Å². The molecule has 0 spiro atoms. The minimum Gasteiger partial charge on any atom is -0.497 e. The van der Waals surface area contributed by atoms with Gasteiger partial charge in [0.05, 0.1) is 29.9 Å². The van der Waals surface area contributed by atoms with E-state index in [-0.39, 0.29) is 12.3 Å². The smallest absolute Gasteiger partial charge is 0.244 e. The maximum atomic E-state index is 12.3. The number of halogens is 1. The average molecular weight is 594 g/mol. The van der Waals surface area contributed by atoms with Crippen molar-refractivity contribution in [3.05, 3.63) is 99.1 Å². The number of fused-ring (bicyclic) bond motifs is 1. The highest BCUT2D eigenvalue weighted by Crippen LogP contribution is 2.35. The monoisotopic (exact) mass is 594 g/mol. The minimum atomic E-state index is -0.203. The van der Waals surface area contributed by atoms with Crippen LogP contribution in [0.4, 0.5) is 0 Å². The molecule has 36 heavy (non-hydrogen) atoms. The molecule has 0 unspecified atom stereocenters. The number of nitrogens with zero attached hydrogens (tertiary/aromatic N) is 1. The fourth-order valence-corrected chi connectivity index (χ4v) is 4.56. The Morgan fingerprint density at radius 3 is 2.56 bits per heavy atom. The first-order valence-corrected chi connectivity index (χ1v) is 12.7. The summed E-state index contributed by atoms with van der Waals surface area (Å²) in [4.78, 5) is 12.3. The minimum absolute atomic E-state index is 0.203. The molecule has 4 aromatic rings. The van der Waals surface area contributed by atoms with E-state index in [1.54, 1.807) is 13.3 Å². The zero-order chi connectivity index (χ0) is 25.3. The van der Waals surface area contributed by atoms with Crippen LogP contribution in [-0.2, 0) is 17.8 Å². The van der Waals surface area contributed by atoms with E-state index in [2.05, 4.69) is 57.4 Å². The Morgan fingerprint density at radius 2 is 1.78 bits per heavy atom. The largest absolute Gasteiger partial charge is 0.497 e. The van der Waals surface area contributed by atoms with Gasteiger partial charge in [-0.1, -0.05) is 54.6 Å². The Labute approximate surface area is 224 Å². The number of carbonyl (C=O) groups excluding carboxylic acids is 1. The molecule has 0 atom stereocenters. The molecule has 0 heterocycles. The van der Waals surface area contributed by atoms with Crippen LogP contribution >= 0.6 is 22.6 Å². The van der Waals surface area contributed by atoms with Crippen LogP contribution in [0, 0.1) is 3.57 Å². The maximum absolute atomic E-state index is 12.3. The zero-order valence-corrected chi connectivity index (χ0v) is 22.3. The highest BCUT2D eigenvalue weighted by Gasteiger charge is 2.13. The van der Waals surface area contributed by atoms with Gasteiger partial charge >= 0.3 is 0 Å². The van der Waals surface area contributed by atoms with E-state index in [0.717, 1.165) is 26.0 Å². The van der Waals surface area contributed by atoms with Gasteiger partial charge < -0.3 is 14.2 Å². The lowest BCUT2D eigenvalue weighted by Gasteiger charge is -2.15. The Morgan fingerprint density at radius 1 is 1.00 bits per heavy atom. The number of amides is 1. The van der Waals surface area contributed by atoms with E-state index in [0.29, 0.717) is 24.7 Å². The summed E-state index contributed by atoms with van der Waals surface area (Å²) in [5, 5.41) is 6.47. The lowest BCUT2D eigenvalue weighted by atomic mass is 10.1. The Kier molecular flexibility index (Phi) is 8.78. The molecule has 0 bridgehead atoms. The van der Waals surface area contributed by atoms with Crippen molar-refractivity contribution in [3.8, 4) is 17.2 Å². The SMILES string of the molecule is CCOc1cc(/C=N\NC(=O)Cc2ccc(OC)cc2)cc(I)c1OCc1cccc2ccccc12. The van der Waals surface area contributed by atoms with Gasteiger partial charge in [-0.15, -0.1) is 0 Å². The second-order valence-corrected chi connectivity index (χ2v) is 9.17. The molecule has 184 valence electrons. The van der Waals surface area contributed by atoms with Crippen LogP contribution in [-0.4, -0.2) is 25.8 Å². The van der Waals surface area contributed by atoms with Crippen molar-refractivity contribution in [3.63, 3.8) is 0 Å². The number of hydrazone groups is 1. The quantitative estimate of drug-likeness (QED) is 0.137. The van der Waals surface area contributed by atoms with Crippen molar-refractivity contribution < 1.29 is 19.0 Å². The highest BCUT2D eigenvalue weighted by atomic mass is 127. The number of nitrogens with one attached hydrogen (secondary N) is 1. The van der Waals surface area contributed by atoms with Crippen molar-refractivity contribution in [1.29, 1.82) is 0 Å². The molecule has 0 aliphatic rings. The number of carbonyl (C=O) groups is 1. The second-order valence-electron chi connectivity index (χ2n) is 8.01. The van der Waals surface area contributed by atoms with Gasteiger partial charge in [0.15, 0.2) is 11.5 Å². The summed E-state index contributed by atoms with van der Waals surface area (Å²) in [7, 11) is 1.61. The molecule has 4 rings (SSSR count). The lowest BCUT2D eigenvalue weighted by molar-refractivity contribution is -0.120. The molecule has 0 aromatic heterocycles. The van der Waals surface area contributed by atoms with Crippen LogP contribution in [0.25, 0.3) is 10.8 Å². The van der Waals surface area contributed by atoms with Gasteiger partial charge in [-0.2, -0.15) is 5.10 Å². The summed E-state index contributed by atoms with van der Waals surface area (Å²) in [6, 6.07) is 25.6. The van der Waals surface area contributed by atoms with Gasteiger partial charge in [0.25, 0.3) is 0 Å². The maximum Gasteiger partial charge on any atom is 0.244 e. The van der Waals surface area contributed by atoms with Crippen LogP contribution in [0.1, 0.15) is 23.6 Å². The highest BCUT2D eigenvalue weighted by molar-refractivity contribution is 14.1. The van der Waals surface area contributed by atoms with Crippen molar-refractivity contribution in [2.24, 2.45) is 5.10 Å².